The van der Waals surface area contributed by atoms with Crippen LogP contribution in [0.1, 0.15) is 31.7 Å². The molecule has 0 aliphatic carbocycles. The van der Waals surface area contributed by atoms with E-state index < -0.39 is 12.8 Å². The molecule has 0 saturated carbocycles. The van der Waals surface area contributed by atoms with Gasteiger partial charge in [0.1, 0.15) is 5.75 Å². The van der Waals surface area contributed by atoms with Crippen molar-refractivity contribution in [2.45, 2.75) is 38.9 Å². The van der Waals surface area contributed by atoms with Crippen molar-refractivity contribution in [2.24, 2.45) is 4.99 Å². The van der Waals surface area contributed by atoms with E-state index in [9.17, 15) is 13.2 Å². The van der Waals surface area contributed by atoms with Crippen LogP contribution in [0.25, 0.3) is 0 Å². The van der Waals surface area contributed by atoms with Crippen LogP contribution in [0.3, 0.4) is 0 Å². The van der Waals surface area contributed by atoms with Crippen LogP contribution in [-0.2, 0) is 11.3 Å². The van der Waals surface area contributed by atoms with Gasteiger partial charge in [0.05, 0.1) is 0 Å². The van der Waals surface area contributed by atoms with Gasteiger partial charge in [-0.15, -0.1) is 24.0 Å². The van der Waals surface area contributed by atoms with Gasteiger partial charge in [0.2, 0.25) is 0 Å². The highest BCUT2D eigenvalue weighted by Crippen LogP contribution is 2.19. The Kier molecular flexibility index (Phi) is 14.1. The largest absolute Gasteiger partial charge is 0.484 e. The van der Waals surface area contributed by atoms with E-state index >= 15 is 0 Å². The lowest BCUT2D eigenvalue weighted by atomic mass is 10.2. The summed E-state index contributed by atoms with van der Waals surface area (Å²) < 4.78 is 46.9. The lowest BCUT2D eigenvalue weighted by Crippen LogP contribution is -2.37. The van der Waals surface area contributed by atoms with Crippen LogP contribution < -0.4 is 15.4 Å². The van der Waals surface area contributed by atoms with E-state index in [1.165, 1.54) is 6.07 Å². The van der Waals surface area contributed by atoms with Crippen molar-refractivity contribution in [2.75, 3.05) is 33.4 Å². The summed E-state index contributed by atoms with van der Waals surface area (Å²) in [6.45, 7) is 3.46. The fraction of sp³-hybridized carbons (Fsp3) is 0.611. The molecule has 0 saturated heterocycles. The number of hydrogen-bond acceptors (Lipinski definition) is 3. The molecular formula is C18H29F3IN3O2. The quantitative estimate of drug-likeness (QED) is 0.207. The lowest BCUT2D eigenvalue weighted by molar-refractivity contribution is -0.153. The van der Waals surface area contributed by atoms with Gasteiger partial charge in [-0.1, -0.05) is 25.5 Å². The Labute approximate surface area is 176 Å². The van der Waals surface area contributed by atoms with E-state index in [-0.39, 0.29) is 29.7 Å². The van der Waals surface area contributed by atoms with Gasteiger partial charge < -0.3 is 20.1 Å². The van der Waals surface area contributed by atoms with Gasteiger partial charge in [-0.3, -0.25) is 4.99 Å². The average Bonchev–Trinajstić information content (AvgIpc) is 2.61. The Morgan fingerprint density at radius 3 is 2.56 bits per heavy atom. The number of ether oxygens (including phenoxy) is 2. The van der Waals surface area contributed by atoms with Gasteiger partial charge in [0, 0.05) is 33.4 Å². The fourth-order valence-electron chi connectivity index (χ4n) is 2.05. The number of aliphatic imine (C=N–C) groups is 1. The number of unbranched alkanes of at least 4 members (excludes halogenated alkanes) is 1. The van der Waals surface area contributed by atoms with Gasteiger partial charge in [0.15, 0.2) is 12.6 Å². The highest BCUT2D eigenvalue weighted by molar-refractivity contribution is 14.0. The molecule has 0 aromatic heterocycles. The van der Waals surface area contributed by atoms with Gasteiger partial charge in [-0.05, 0) is 30.5 Å². The van der Waals surface area contributed by atoms with Crippen LogP contribution >= 0.6 is 24.0 Å². The number of rotatable bonds is 11. The zero-order valence-electron chi connectivity index (χ0n) is 15.8. The number of hydrogen-bond donors (Lipinski definition) is 2. The molecule has 27 heavy (non-hydrogen) atoms. The third kappa shape index (κ3) is 13.6. The second-order valence-corrected chi connectivity index (χ2v) is 5.72. The molecule has 1 aromatic rings. The van der Waals surface area contributed by atoms with Gasteiger partial charge in [-0.2, -0.15) is 13.2 Å². The minimum atomic E-state index is -4.35. The molecule has 2 N–H and O–H groups in total. The van der Waals surface area contributed by atoms with Crippen LogP contribution in [0.2, 0.25) is 0 Å². The van der Waals surface area contributed by atoms with Gasteiger partial charge >= 0.3 is 6.18 Å². The molecule has 1 aromatic carbocycles. The van der Waals surface area contributed by atoms with E-state index in [1.54, 1.807) is 19.2 Å². The summed E-state index contributed by atoms with van der Waals surface area (Å²) >= 11 is 0. The predicted molar refractivity (Wildman–Crippen MR) is 112 cm³/mol. The lowest BCUT2D eigenvalue weighted by Gasteiger charge is -2.13. The molecule has 156 valence electrons. The van der Waals surface area contributed by atoms with Crippen molar-refractivity contribution in [3.05, 3.63) is 29.8 Å². The standard InChI is InChI=1S/C18H28F3N3O2.HI/c1-3-4-10-25-11-6-9-23-17(22-2)24-13-15-7-5-8-16(12-15)26-14-18(19,20)21;/h5,7-8,12H,3-4,6,9-11,13-14H2,1-2H3,(H2,22,23,24);1H. The summed E-state index contributed by atoms with van der Waals surface area (Å²) in [6.07, 6.45) is -1.29. The van der Waals surface area contributed by atoms with E-state index in [0.29, 0.717) is 19.1 Å². The molecule has 0 bridgehead atoms. The van der Waals surface area contributed by atoms with E-state index in [1.807, 2.05) is 6.07 Å². The molecule has 0 aliphatic rings. The zero-order valence-corrected chi connectivity index (χ0v) is 18.1. The number of alkyl halides is 3. The summed E-state index contributed by atoms with van der Waals surface area (Å²) in [5.41, 5.74) is 0.801. The first kappa shape index (κ1) is 25.8. The highest BCUT2D eigenvalue weighted by atomic mass is 127. The molecule has 0 aliphatic heterocycles. The molecule has 5 nitrogen and oxygen atoms in total. The first-order valence-electron chi connectivity index (χ1n) is 8.75. The molecule has 0 radical (unpaired) electrons. The van der Waals surface area contributed by atoms with Crippen LogP contribution in [0.5, 0.6) is 5.75 Å². The van der Waals surface area contributed by atoms with Gasteiger partial charge in [0.25, 0.3) is 0 Å². The summed E-state index contributed by atoms with van der Waals surface area (Å²) in [5.74, 6) is 0.814. The smallest absolute Gasteiger partial charge is 0.422 e. The third-order valence-corrected chi connectivity index (χ3v) is 3.38. The summed E-state index contributed by atoms with van der Waals surface area (Å²) in [7, 11) is 1.66. The minimum Gasteiger partial charge on any atom is -0.484 e. The Hall–Kier alpha value is -1.23. The van der Waals surface area contributed by atoms with Crippen LogP contribution in [0.4, 0.5) is 13.2 Å². The topological polar surface area (TPSA) is 54.9 Å². The molecule has 0 spiro atoms. The number of halogens is 4. The van der Waals surface area contributed by atoms with Crippen molar-refractivity contribution < 1.29 is 22.6 Å². The second kappa shape index (κ2) is 14.8. The molecule has 0 atom stereocenters. The summed E-state index contributed by atoms with van der Waals surface area (Å²) in [5, 5.41) is 6.29. The van der Waals surface area contributed by atoms with E-state index in [0.717, 1.165) is 38.0 Å². The highest BCUT2D eigenvalue weighted by Gasteiger charge is 2.28. The molecule has 0 amide bonds. The number of guanidine groups is 1. The minimum absolute atomic E-state index is 0. The molecule has 0 heterocycles. The molecule has 9 heteroatoms. The maximum atomic E-state index is 12.2. The first-order chi connectivity index (χ1) is 12.4. The number of benzene rings is 1. The monoisotopic (exact) mass is 503 g/mol. The van der Waals surface area contributed by atoms with Crippen molar-refractivity contribution in [3.8, 4) is 5.75 Å². The SMILES string of the molecule is CCCCOCCCNC(=NC)NCc1cccc(OCC(F)(F)F)c1.I. The van der Waals surface area contributed by atoms with Crippen LogP contribution in [0, 0.1) is 0 Å². The van der Waals surface area contributed by atoms with Crippen molar-refractivity contribution in [3.63, 3.8) is 0 Å². The summed E-state index contributed by atoms with van der Waals surface area (Å²) in [6, 6.07) is 6.54. The predicted octanol–water partition coefficient (Wildman–Crippen LogP) is 4.12. The molecule has 0 fully saturated rings. The molecular weight excluding hydrogens is 474 g/mol. The Morgan fingerprint density at radius 2 is 1.89 bits per heavy atom. The van der Waals surface area contributed by atoms with E-state index in [4.69, 9.17) is 9.47 Å². The maximum Gasteiger partial charge on any atom is 0.422 e. The zero-order chi connectivity index (χ0) is 19.3. The second-order valence-electron chi connectivity index (χ2n) is 5.72. The van der Waals surface area contributed by atoms with Gasteiger partial charge in [-0.25, -0.2) is 0 Å². The normalized spacial score (nSPS) is 11.7. The van der Waals surface area contributed by atoms with E-state index in [2.05, 4.69) is 22.5 Å². The Morgan fingerprint density at radius 1 is 1.15 bits per heavy atom. The first-order valence-corrected chi connectivity index (χ1v) is 8.75. The third-order valence-electron chi connectivity index (χ3n) is 3.38. The number of nitrogens with one attached hydrogen (secondary N) is 2. The number of nitrogens with zero attached hydrogens (tertiary/aromatic N) is 1. The Bertz CT molecular complexity index is 543. The molecule has 0 unspecified atom stereocenters. The van der Waals surface area contributed by atoms with Crippen molar-refractivity contribution >= 4 is 29.9 Å². The molecule has 1 rings (SSSR count). The fourth-order valence-corrected chi connectivity index (χ4v) is 2.05. The van der Waals surface area contributed by atoms with Crippen molar-refractivity contribution in [1.82, 2.24) is 10.6 Å². The Balaban J connectivity index is 0.00000676. The summed E-state index contributed by atoms with van der Waals surface area (Å²) in [4.78, 5) is 4.11. The average molecular weight is 503 g/mol. The van der Waals surface area contributed by atoms with Crippen molar-refractivity contribution in [1.29, 1.82) is 0 Å². The van der Waals surface area contributed by atoms with Crippen LogP contribution in [0.15, 0.2) is 29.3 Å². The maximum absolute atomic E-state index is 12.2. The van der Waals surface area contributed by atoms with Crippen LogP contribution in [-0.4, -0.2) is 45.5 Å².